The second kappa shape index (κ2) is 4.37. The van der Waals surface area contributed by atoms with E-state index in [1.165, 1.54) is 0 Å². The van der Waals surface area contributed by atoms with Gasteiger partial charge in [-0.15, -0.1) is 0 Å². The highest BCUT2D eigenvalue weighted by Crippen LogP contribution is 2.12. The van der Waals surface area contributed by atoms with Crippen LogP contribution in [0.5, 0.6) is 0 Å². The molecular weight excluding hydrogens is 228 g/mol. The van der Waals surface area contributed by atoms with Crippen LogP contribution in [0.4, 0.5) is 5.82 Å². The van der Waals surface area contributed by atoms with E-state index in [2.05, 4.69) is 20.3 Å². The Kier molecular flexibility index (Phi) is 2.57. The number of hydrogen-bond acceptors (Lipinski definition) is 3. The molecule has 0 saturated carbocycles. The molecule has 5 nitrogen and oxygen atoms in total. The minimum Gasteiger partial charge on any atom is -0.366 e. The van der Waals surface area contributed by atoms with E-state index >= 15 is 0 Å². The van der Waals surface area contributed by atoms with Crippen molar-refractivity contribution in [2.24, 2.45) is 0 Å². The monoisotopic (exact) mass is 240 g/mol. The maximum atomic E-state index is 11.8. The van der Waals surface area contributed by atoms with Crippen LogP contribution in [0, 0.1) is 0 Å². The molecule has 1 aromatic carbocycles. The van der Waals surface area contributed by atoms with Crippen molar-refractivity contribution >= 4 is 16.6 Å². The Hall–Kier alpha value is -2.56. The summed E-state index contributed by atoms with van der Waals surface area (Å²) in [6, 6.07) is 9.43. The van der Waals surface area contributed by atoms with Crippen molar-refractivity contribution in [2.45, 2.75) is 6.54 Å². The second-order valence-electron chi connectivity index (χ2n) is 4.03. The zero-order valence-electron chi connectivity index (χ0n) is 9.60. The van der Waals surface area contributed by atoms with E-state index in [1.54, 1.807) is 12.5 Å². The van der Waals surface area contributed by atoms with Crippen LogP contribution in [-0.2, 0) is 6.54 Å². The van der Waals surface area contributed by atoms with E-state index in [1.807, 2.05) is 30.3 Å². The van der Waals surface area contributed by atoms with E-state index in [-0.39, 0.29) is 5.56 Å². The maximum absolute atomic E-state index is 11.8. The highest BCUT2D eigenvalue weighted by molar-refractivity contribution is 5.83. The van der Waals surface area contributed by atoms with Crippen LogP contribution >= 0.6 is 0 Å². The van der Waals surface area contributed by atoms with Gasteiger partial charge in [-0.3, -0.25) is 4.79 Å². The summed E-state index contributed by atoms with van der Waals surface area (Å²) in [6.45, 7) is 0.592. The van der Waals surface area contributed by atoms with Gasteiger partial charge in [0.05, 0.1) is 18.6 Å². The predicted octanol–water partition coefficient (Wildman–Crippen LogP) is 1.86. The lowest BCUT2D eigenvalue weighted by Gasteiger charge is -2.06. The molecule has 18 heavy (non-hydrogen) atoms. The third kappa shape index (κ3) is 1.98. The molecule has 0 radical (unpaired) electrons. The normalized spacial score (nSPS) is 10.7. The lowest BCUT2D eigenvalue weighted by atomic mass is 10.2. The molecule has 0 unspecified atom stereocenters. The van der Waals surface area contributed by atoms with E-state index in [9.17, 15) is 4.79 Å². The molecule has 0 atom stereocenters. The van der Waals surface area contributed by atoms with Crippen LogP contribution in [0.1, 0.15) is 5.69 Å². The van der Waals surface area contributed by atoms with Gasteiger partial charge >= 0.3 is 0 Å². The lowest BCUT2D eigenvalue weighted by Crippen LogP contribution is -2.10. The molecule has 0 aliphatic heterocycles. The second-order valence-corrected chi connectivity index (χ2v) is 4.03. The van der Waals surface area contributed by atoms with Gasteiger partial charge in [-0.1, -0.05) is 18.2 Å². The largest absolute Gasteiger partial charge is 0.366 e. The fourth-order valence-corrected chi connectivity index (χ4v) is 1.88. The van der Waals surface area contributed by atoms with Crippen LogP contribution in [0.25, 0.3) is 10.8 Å². The molecule has 0 fully saturated rings. The average molecular weight is 240 g/mol. The Morgan fingerprint density at radius 3 is 3.00 bits per heavy atom. The summed E-state index contributed by atoms with van der Waals surface area (Å²) in [4.78, 5) is 21.6. The van der Waals surface area contributed by atoms with Gasteiger partial charge in [0.15, 0.2) is 0 Å². The fraction of sp³-hybridized carbons (Fsp3) is 0.0769. The standard InChI is InChI=1S/C13H12N4O/c18-13-11-4-2-1-3-9(11)5-12(17-13)15-7-10-6-14-8-16-10/h1-6,8H,7H2,(H,14,16)(H2,15,17,18). The number of benzene rings is 1. The first-order valence-corrected chi connectivity index (χ1v) is 5.66. The Bertz CT molecular complexity index is 715. The topological polar surface area (TPSA) is 73.6 Å². The molecule has 5 heteroatoms. The number of imidazole rings is 1. The van der Waals surface area contributed by atoms with Crippen molar-refractivity contribution in [1.82, 2.24) is 15.0 Å². The number of fused-ring (bicyclic) bond motifs is 1. The summed E-state index contributed by atoms with van der Waals surface area (Å²) < 4.78 is 0. The first kappa shape index (κ1) is 10.6. The number of aromatic amines is 2. The van der Waals surface area contributed by atoms with Gasteiger partial charge in [-0.2, -0.15) is 0 Å². The molecule has 2 heterocycles. The zero-order valence-corrected chi connectivity index (χ0v) is 9.60. The Morgan fingerprint density at radius 2 is 2.17 bits per heavy atom. The summed E-state index contributed by atoms with van der Waals surface area (Å²) >= 11 is 0. The van der Waals surface area contributed by atoms with Gasteiger partial charge in [0, 0.05) is 11.6 Å². The molecule has 0 amide bonds. The number of hydrogen-bond donors (Lipinski definition) is 3. The molecule has 0 aliphatic carbocycles. The SMILES string of the molecule is O=c1[nH]c(NCc2cnc[nH]2)cc2ccccc12. The van der Waals surface area contributed by atoms with Crippen molar-refractivity contribution in [3.05, 3.63) is 58.9 Å². The van der Waals surface area contributed by atoms with Crippen LogP contribution in [0.3, 0.4) is 0 Å². The Morgan fingerprint density at radius 1 is 1.28 bits per heavy atom. The highest BCUT2D eigenvalue weighted by atomic mass is 16.1. The number of anilines is 1. The van der Waals surface area contributed by atoms with Crippen LogP contribution < -0.4 is 10.9 Å². The van der Waals surface area contributed by atoms with E-state index in [0.717, 1.165) is 11.1 Å². The highest BCUT2D eigenvalue weighted by Gasteiger charge is 2.01. The molecule has 3 rings (SSSR count). The van der Waals surface area contributed by atoms with Crippen molar-refractivity contribution in [1.29, 1.82) is 0 Å². The van der Waals surface area contributed by atoms with Crippen LogP contribution in [0.2, 0.25) is 0 Å². The summed E-state index contributed by atoms with van der Waals surface area (Å²) in [5.74, 6) is 0.702. The van der Waals surface area contributed by atoms with Crippen molar-refractivity contribution in [3.8, 4) is 0 Å². The van der Waals surface area contributed by atoms with Gasteiger partial charge in [-0.05, 0) is 17.5 Å². The number of rotatable bonds is 3. The quantitative estimate of drug-likeness (QED) is 0.654. The molecular formula is C13H12N4O. The molecule has 90 valence electrons. The molecule has 3 N–H and O–H groups in total. The summed E-state index contributed by atoms with van der Waals surface area (Å²) in [5, 5.41) is 4.78. The molecule has 2 aromatic heterocycles. The number of H-pyrrole nitrogens is 2. The Labute approximate surface area is 103 Å². The average Bonchev–Trinajstić information content (AvgIpc) is 2.90. The van der Waals surface area contributed by atoms with Gasteiger partial charge in [0.1, 0.15) is 5.82 Å². The first-order chi connectivity index (χ1) is 8.83. The molecule has 0 aliphatic rings. The smallest absolute Gasteiger partial charge is 0.257 e. The van der Waals surface area contributed by atoms with Crippen molar-refractivity contribution in [3.63, 3.8) is 0 Å². The van der Waals surface area contributed by atoms with E-state index in [4.69, 9.17) is 0 Å². The van der Waals surface area contributed by atoms with Crippen LogP contribution in [0.15, 0.2) is 47.7 Å². The predicted molar refractivity (Wildman–Crippen MR) is 70.5 cm³/mol. The first-order valence-electron chi connectivity index (χ1n) is 5.66. The molecule has 0 spiro atoms. The van der Waals surface area contributed by atoms with Gasteiger partial charge in [0.2, 0.25) is 0 Å². The van der Waals surface area contributed by atoms with E-state index in [0.29, 0.717) is 17.7 Å². The minimum absolute atomic E-state index is 0.0831. The lowest BCUT2D eigenvalue weighted by molar-refractivity contribution is 1.05. The number of nitrogens with zero attached hydrogens (tertiary/aromatic N) is 1. The number of nitrogens with one attached hydrogen (secondary N) is 3. The molecule has 0 saturated heterocycles. The van der Waals surface area contributed by atoms with Crippen LogP contribution in [-0.4, -0.2) is 15.0 Å². The van der Waals surface area contributed by atoms with Gasteiger partial charge < -0.3 is 15.3 Å². The summed E-state index contributed by atoms with van der Waals surface area (Å²) in [7, 11) is 0. The van der Waals surface area contributed by atoms with Gasteiger partial charge in [0.25, 0.3) is 5.56 Å². The Balaban J connectivity index is 1.91. The molecule has 0 bridgehead atoms. The number of aromatic nitrogens is 3. The summed E-state index contributed by atoms with van der Waals surface area (Å²) in [6.07, 6.45) is 3.37. The van der Waals surface area contributed by atoms with Crippen molar-refractivity contribution in [2.75, 3.05) is 5.32 Å². The minimum atomic E-state index is -0.0831. The number of pyridine rings is 1. The van der Waals surface area contributed by atoms with E-state index < -0.39 is 0 Å². The molecule has 3 aromatic rings. The summed E-state index contributed by atoms with van der Waals surface area (Å²) in [5.41, 5.74) is 0.879. The fourth-order valence-electron chi connectivity index (χ4n) is 1.88. The van der Waals surface area contributed by atoms with Crippen molar-refractivity contribution < 1.29 is 0 Å². The zero-order chi connectivity index (χ0) is 12.4. The maximum Gasteiger partial charge on any atom is 0.257 e. The third-order valence-electron chi connectivity index (χ3n) is 2.78. The third-order valence-corrected chi connectivity index (χ3v) is 2.78. The van der Waals surface area contributed by atoms with Gasteiger partial charge in [-0.25, -0.2) is 4.98 Å².